The van der Waals surface area contributed by atoms with E-state index in [1.165, 1.54) is 70.3 Å². The van der Waals surface area contributed by atoms with Crippen LogP contribution in [0.4, 0.5) is 4.79 Å². The number of hydrogen-bond acceptors (Lipinski definition) is 5. The van der Waals surface area contributed by atoms with E-state index in [2.05, 4.69) is 17.2 Å². The number of nitrogens with one attached hydrogen (secondary N) is 2. The van der Waals surface area contributed by atoms with Crippen molar-refractivity contribution in [2.24, 2.45) is 0 Å². The summed E-state index contributed by atoms with van der Waals surface area (Å²) in [5, 5.41) is 15.4. The second-order valence-corrected chi connectivity index (χ2v) is 10.8. The number of amides is 1. The number of carboxylic acid groups (broad SMARTS) is 1. The lowest BCUT2D eigenvalue weighted by Crippen LogP contribution is -2.42. The van der Waals surface area contributed by atoms with Crippen molar-refractivity contribution in [2.45, 2.75) is 115 Å². The third-order valence-electron chi connectivity index (χ3n) is 6.39. The minimum atomic E-state index is -1.13. The van der Waals surface area contributed by atoms with Gasteiger partial charge in [0.15, 0.2) is 0 Å². The third-order valence-corrected chi connectivity index (χ3v) is 6.39. The van der Waals surface area contributed by atoms with Crippen LogP contribution in [0.1, 0.15) is 90.5 Å². The number of carbonyl (C=O) groups excluding carboxylic acids is 1. The zero-order valence-electron chi connectivity index (χ0n) is 22.4. The number of carbonyl (C=O) groups is 2. The Balaban J connectivity index is 0.000000293. The van der Waals surface area contributed by atoms with Gasteiger partial charge in [0.05, 0.1) is 0 Å². The van der Waals surface area contributed by atoms with Gasteiger partial charge in [-0.2, -0.15) is 0 Å². The highest BCUT2D eigenvalue weighted by Crippen LogP contribution is 2.22. The number of aliphatic carboxylic acids is 1. The standard InChI is InChI=1S/C17H23NO5.C12H23N/c1-5-10-22-16(21)18-14(15(19)20)11-12-6-8-13(9-7-12)23-17(2,3)4;1-3-7-11(8-4-1)13-12-9-5-2-6-10-12/h5-9,14H,1,10-11H2,2-4H3,(H,18,21)(H,19,20);11-13H,1-10H2/t14-;/m0./s1. The maximum atomic E-state index is 11.5. The Kier molecular flexibility index (Phi) is 12.8. The van der Waals surface area contributed by atoms with Crippen molar-refractivity contribution in [1.82, 2.24) is 10.6 Å². The molecular weight excluding hydrogens is 456 g/mol. The van der Waals surface area contributed by atoms with Gasteiger partial charge in [0.25, 0.3) is 0 Å². The second kappa shape index (κ2) is 15.5. The van der Waals surface area contributed by atoms with E-state index in [0.29, 0.717) is 5.75 Å². The maximum absolute atomic E-state index is 11.5. The van der Waals surface area contributed by atoms with Crippen molar-refractivity contribution in [1.29, 1.82) is 0 Å². The van der Waals surface area contributed by atoms with Crippen LogP contribution < -0.4 is 15.4 Å². The molecule has 7 heteroatoms. The highest BCUT2D eigenvalue weighted by atomic mass is 16.5. The summed E-state index contributed by atoms with van der Waals surface area (Å²) in [5.41, 5.74) is 0.462. The van der Waals surface area contributed by atoms with Gasteiger partial charge in [0, 0.05) is 18.5 Å². The van der Waals surface area contributed by atoms with Crippen LogP contribution in [0.2, 0.25) is 0 Å². The van der Waals surface area contributed by atoms with Crippen molar-refractivity contribution in [3.63, 3.8) is 0 Å². The van der Waals surface area contributed by atoms with Crippen LogP contribution in [-0.2, 0) is 16.0 Å². The summed E-state index contributed by atoms with van der Waals surface area (Å²) >= 11 is 0. The van der Waals surface area contributed by atoms with Gasteiger partial charge in [-0.15, -0.1) is 0 Å². The highest BCUT2D eigenvalue weighted by molar-refractivity contribution is 5.80. The Bertz CT molecular complexity index is 775. The second-order valence-electron chi connectivity index (χ2n) is 10.8. The van der Waals surface area contributed by atoms with Crippen molar-refractivity contribution in [3.8, 4) is 5.75 Å². The monoisotopic (exact) mass is 502 g/mol. The predicted octanol–water partition coefficient (Wildman–Crippen LogP) is 6.01. The Morgan fingerprint density at radius 1 is 1.00 bits per heavy atom. The molecule has 0 aliphatic heterocycles. The van der Waals surface area contributed by atoms with E-state index in [-0.39, 0.29) is 18.6 Å². The topological polar surface area (TPSA) is 96.9 Å². The lowest BCUT2D eigenvalue weighted by Gasteiger charge is -2.30. The van der Waals surface area contributed by atoms with E-state index in [9.17, 15) is 14.7 Å². The number of ether oxygens (including phenoxy) is 2. The van der Waals surface area contributed by atoms with E-state index in [4.69, 9.17) is 9.47 Å². The molecule has 0 saturated heterocycles. The normalized spacial score (nSPS) is 17.8. The van der Waals surface area contributed by atoms with Crippen molar-refractivity contribution < 1.29 is 24.2 Å². The summed E-state index contributed by atoms with van der Waals surface area (Å²) in [6.07, 6.45) is 15.3. The molecule has 2 saturated carbocycles. The first kappa shape index (κ1) is 29.7. The SMILES string of the molecule is C1CCC(NC2CCCCC2)CC1.C=CCOC(=O)N[C@@H](Cc1ccc(OC(C)(C)C)cc1)C(=O)O. The van der Waals surface area contributed by atoms with Gasteiger partial charge in [-0.05, 0) is 64.2 Å². The van der Waals surface area contributed by atoms with Crippen molar-refractivity contribution in [3.05, 3.63) is 42.5 Å². The summed E-state index contributed by atoms with van der Waals surface area (Å²) in [6.45, 7) is 9.27. The van der Waals surface area contributed by atoms with Gasteiger partial charge >= 0.3 is 12.1 Å². The maximum Gasteiger partial charge on any atom is 0.408 e. The number of carboxylic acids is 1. The molecule has 0 heterocycles. The molecule has 1 atom stereocenters. The molecule has 0 unspecified atom stereocenters. The van der Waals surface area contributed by atoms with Crippen LogP contribution in [0.15, 0.2) is 36.9 Å². The zero-order valence-corrected chi connectivity index (χ0v) is 22.4. The van der Waals surface area contributed by atoms with E-state index in [0.717, 1.165) is 17.6 Å². The van der Waals surface area contributed by atoms with Crippen LogP contribution in [0.25, 0.3) is 0 Å². The molecule has 1 amide bonds. The first-order valence-corrected chi connectivity index (χ1v) is 13.5. The zero-order chi connectivity index (χ0) is 26.4. The fourth-order valence-electron chi connectivity index (χ4n) is 4.67. The van der Waals surface area contributed by atoms with Gasteiger partial charge in [0.1, 0.15) is 24.0 Å². The third kappa shape index (κ3) is 12.4. The fraction of sp³-hybridized carbons (Fsp3) is 0.655. The van der Waals surface area contributed by atoms with Crippen LogP contribution >= 0.6 is 0 Å². The summed E-state index contributed by atoms with van der Waals surface area (Å²) in [4.78, 5) is 22.7. The van der Waals surface area contributed by atoms with Gasteiger partial charge in [-0.3, -0.25) is 0 Å². The molecular formula is C29H46N2O5. The quantitative estimate of drug-likeness (QED) is 0.358. The van der Waals surface area contributed by atoms with Crippen LogP contribution in [-0.4, -0.2) is 47.5 Å². The molecule has 0 bridgehead atoms. The molecule has 0 aromatic heterocycles. The Labute approximate surface area is 217 Å². The molecule has 3 rings (SSSR count). The number of rotatable bonds is 9. The molecule has 2 fully saturated rings. The summed E-state index contributed by atoms with van der Waals surface area (Å²) in [6, 6.07) is 7.77. The average molecular weight is 503 g/mol. The molecule has 3 N–H and O–H groups in total. The minimum Gasteiger partial charge on any atom is -0.488 e. The fourth-order valence-corrected chi connectivity index (χ4v) is 4.67. The Morgan fingerprint density at radius 3 is 1.97 bits per heavy atom. The number of hydrogen-bond donors (Lipinski definition) is 3. The van der Waals surface area contributed by atoms with Gasteiger partial charge < -0.3 is 25.2 Å². The van der Waals surface area contributed by atoms with E-state index in [1.807, 2.05) is 20.8 Å². The molecule has 1 aromatic rings. The Hall–Kier alpha value is -2.54. The average Bonchev–Trinajstić information content (AvgIpc) is 2.84. The molecule has 1 aromatic carbocycles. The lowest BCUT2D eigenvalue weighted by molar-refractivity contribution is -0.139. The van der Waals surface area contributed by atoms with Crippen LogP contribution in [0, 0.1) is 0 Å². The Morgan fingerprint density at radius 2 is 1.53 bits per heavy atom. The van der Waals surface area contributed by atoms with Gasteiger partial charge in [0.2, 0.25) is 0 Å². The number of alkyl carbamates (subject to hydrolysis) is 1. The van der Waals surface area contributed by atoms with Crippen molar-refractivity contribution in [2.75, 3.05) is 6.61 Å². The predicted molar refractivity (Wildman–Crippen MR) is 144 cm³/mol. The molecule has 7 nitrogen and oxygen atoms in total. The molecule has 0 radical (unpaired) electrons. The van der Waals surface area contributed by atoms with Gasteiger partial charge in [-0.1, -0.05) is 63.3 Å². The molecule has 2 aliphatic rings. The van der Waals surface area contributed by atoms with E-state index >= 15 is 0 Å². The lowest BCUT2D eigenvalue weighted by atomic mass is 9.91. The first-order chi connectivity index (χ1) is 17.2. The van der Waals surface area contributed by atoms with Gasteiger partial charge in [-0.25, -0.2) is 9.59 Å². The first-order valence-electron chi connectivity index (χ1n) is 13.5. The number of benzene rings is 1. The summed E-state index contributed by atoms with van der Waals surface area (Å²) in [7, 11) is 0. The van der Waals surface area contributed by atoms with Crippen LogP contribution in [0.5, 0.6) is 5.75 Å². The summed E-state index contributed by atoms with van der Waals surface area (Å²) < 4.78 is 10.4. The molecule has 2 aliphatic carbocycles. The van der Waals surface area contributed by atoms with E-state index in [1.54, 1.807) is 24.3 Å². The molecule has 202 valence electrons. The smallest absolute Gasteiger partial charge is 0.408 e. The largest absolute Gasteiger partial charge is 0.488 e. The highest BCUT2D eigenvalue weighted by Gasteiger charge is 2.21. The van der Waals surface area contributed by atoms with Crippen molar-refractivity contribution >= 4 is 12.1 Å². The molecule has 0 spiro atoms. The van der Waals surface area contributed by atoms with E-state index < -0.39 is 18.1 Å². The van der Waals surface area contributed by atoms with Crippen LogP contribution in [0.3, 0.4) is 0 Å². The minimum absolute atomic E-state index is 0.0248. The summed E-state index contributed by atoms with van der Waals surface area (Å²) in [5.74, 6) is -0.429. The molecule has 36 heavy (non-hydrogen) atoms.